The van der Waals surface area contributed by atoms with Crippen LogP contribution < -0.4 is 5.43 Å². The number of amides is 1. The number of hydrogen-bond acceptors (Lipinski definition) is 3. The second kappa shape index (κ2) is 6.12. The molecule has 4 heteroatoms. The predicted molar refractivity (Wildman–Crippen MR) is 69.5 cm³/mol. The van der Waals surface area contributed by atoms with Gasteiger partial charge in [0.15, 0.2) is 0 Å². The third-order valence-electron chi connectivity index (χ3n) is 4.05. The normalized spacial score (nSPS) is 14.2. The molecule has 0 aliphatic rings. The van der Waals surface area contributed by atoms with Crippen molar-refractivity contribution >= 4 is 5.91 Å². The minimum Gasteiger partial charge on any atom is -0.273 e. The van der Waals surface area contributed by atoms with Crippen molar-refractivity contribution in [3.63, 3.8) is 0 Å². The molecule has 0 spiro atoms. The SMILES string of the molecule is CCC(C)(C)CC(C(=O)NN=N)C(C)(C)CC. The number of carbonyl (C=O) groups excluding carboxylic acids is 1. The summed E-state index contributed by atoms with van der Waals surface area (Å²) in [6.45, 7) is 12.8. The molecule has 0 aromatic carbocycles. The smallest absolute Gasteiger partial charge is 0.245 e. The van der Waals surface area contributed by atoms with Gasteiger partial charge in [-0.2, -0.15) is 5.53 Å². The quantitative estimate of drug-likeness (QED) is 0.515. The molecule has 2 N–H and O–H groups in total. The van der Waals surface area contributed by atoms with E-state index in [0.717, 1.165) is 19.3 Å². The van der Waals surface area contributed by atoms with Crippen molar-refractivity contribution in [3.05, 3.63) is 0 Å². The van der Waals surface area contributed by atoms with E-state index < -0.39 is 0 Å². The molecule has 0 saturated heterocycles. The molecule has 4 nitrogen and oxygen atoms in total. The van der Waals surface area contributed by atoms with Gasteiger partial charge in [-0.25, -0.2) is 5.43 Å². The molecular formula is C13H27N3O. The maximum atomic E-state index is 12.0. The average Bonchev–Trinajstić information content (AvgIpc) is 2.26. The monoisotopic (exact) mass is 241 g/mol. The molecule has 0 rings (SSSR count). The highest BCUT2D eigenvalue weighted by atomic mass is 16.2. The zero-order valence-electron chi connectivity index (χ0n) is 12.1. The van der Waals surface area contributed by atoms with Crippen molar-refractivity contribution in [1.29, 1.82) is 5.53 Å². The summed E-state index contributed by atoms with van der Waals surface area (Å²) >= 11 is 0. The maximum Gasteiger partial charge on any atom is 0.245 e. The van der Waals surface area contributed by atoms with Gasteiger partial charge in [0, 0.05) is 5.92 Å². The van der Waals surface area contributed by atoms with E-state index >= 15 is 0 Å². The Balaban J connectivity index is 4.99. The first-order valence-corrected chi connectivity index (χ1v) is 6.36. The summed E-state index contributed by atoms with van der Waals surface area (Å²) < 4.78 is 0. The first-order valence-electron chi connectivity index (χ1n) is 6.36. The fourth-order valence-corrected chi connectivity index (χ4v) is 1.80. The second-order valence-electron chi connectivity index (χ2n) is 6.20. The van der Waals surface area contributed by atoms with Crippen LogP contribution in [-0.4, -0.2) is 5.91 Å². The molecule has 0 radical (unpaired) electrons. The highest BCUT2D eigenvalue weighted by Gasteiger charge is 2.37. The van der Waals surface area contributed by atoms with Gasteiger partial charge in [-0.3, -0.25) is 4.79 Å². The van der Waals surface area contributed by atoms with Gasteiger partial charge in [-0.1, -0.05) is 59.6 Å². The van der Waals surface area contributed by atoms with Gasteiger partial charge in [-0.05, 0) is 17.3 Å². The van der Waals surface area contributed by atoms with Crippen molar-refractivity contribution in [1.82, 2.24) is 5.43 Å². The van der Waals surface area contributed by atoms with Gasteiger partial charge >= 0.3 is 0 Å². The van der Waals surface area contributed by atoms with E-state index in [-0.39, 0.29) is 22.7 Å². The number of rotatable bonds is 7. The third kappa shape index (κ3) is 4.84. The van der Waals surface area contributed by atoms with E-state index in [4.69, 9.17) is 5.53 Å². The highest BCUT2D eigenvalue weighted by molar-refractivity contribution is 5.79. The van der Waals surface area contributed by atoms with Crippen LogP contribution in [-0.2, 0) is 4.79 Å². The predicted octanol–water partition coefficient (Wildman–Crippen LogP) is 3.93. The van der Waals surface area contributed by atoms with Crippen molar-refractivity contribution in [2.24, 2.45) is 22.0 Å². The lowest BCUT2D eigenvalue weighted by Gasteiger charge is -2.37. The average molecular weight is 241 g/mol. The van der Waals surface area contributed by atoms with Gasteiger partial charge < -0.3 is 0 Å². The molecule has 1 atom stereocenters. The molecule has 0 aliphatic heterocycles. The molecule has 1 amide bonds. The molecular weight excluding hydrogens is 214 g/mol. The van der Waals surface area contributed by atoms with E-state index in [1.165, 1.54) is 0 Å². The van der Waals surface area contributed by atoms with E-state index in [9.17, 15) is 4.79 Å². The van der Waals surface area contributed by atoms with Crippen LogP contribution in [0.25, 0.3) is 0 Å². The summed E-state index contributed by atoms with van der Waals surface area (Å²) in [4.78, 5) is 12.0. The molecule has 0 aliphatic carbocycles. The van der Waals surface area contributed by atoms with Gasteiger partial charge in [0.1, 0.15) is 0 Å². The summed E-state index contributed by atoms with van der Waals surface area (Å²) in [5.41, 5.74) is 9.11. The minimum absolute atomic E-state index is 0.0682. The van der Waals surface area contributed by atoms with Crippen molar-refractivity contribution in [2.75, 3.05) is 0 Å². The summed E-state index contributed by atoms with van der Waals surface area (Å²) in [5.74, 6) is -0.232. The Labute approximate surface area is 105 Å². The fraction of sp³-hybridized carbons (Fsp3) is 0.923. The van der Waals surface area contributed by atoms with Crippen molar-refractivity contribution in [3.8, 4) is 0 Å². The van der Waals surface area contributed by atoms with E-state index in [0.29, 0.717) is 0 Å². The van der Waals surface area contributed by atoms with Crippen LogP contribution in [0.1, 0.15) is 60.8 Å². The Morgan fingerprint density at radius 2 is 1.76 bits per heavy atom. The largest absolute Gasteiger partial charge is 0.273 e. The number of nitrogens with zero attached hydrogens (tertiary/aromatic N) is 1. The Hall–Kier alpha value is -0.930. The molecule has 100 valence electrons. The van der Waals surface area contributed by atoms with Gasteiger partial charge in [-0.15, -0.1) is 0 Å². The molecule has 0 aromatic rings. The fourth-order valence-electron chi connectivity index (χ4n) is 1.80. The van der Waals surface area contributed by atoms with Gasteiger partial charge in [0.05, 0.1) is 0 Å². The molecule has 0 bridgehead atoms. The lowest BCUT2D eigenvalue weighted by Crippen LogP contribution is -2.39. The van der Waals surface area contributed by atoms with E-state index in [1.807, 2.05) is 0 Å². The molecule has 17 heavy (non-hydrogen) atoms. The summed E-state index contributed by atoms with van der Waals surface area (Å²) in [7, 11) is 0. The summed E-state index contributed by atoms with van der Waals surface area (Å²) in [5, 5.41) is 3.01. The standard InChI is InChI=1S/C13H27N3O/c1-7-12(3,4)9-10(11(17)15-16-14)13(5,6)8-2/h10H,7-9H2,1-6H3,(H2,14,15,17). The zero-order chi connectivity index (χ0) is 13.7. The first kappa shape index (κ1) is 16.1. The van der Waals surface area contributed by atoms with Crippen LogP contribution in [0.3, 0.4) is 0 Å². The molecule has 0 heterocycles. The molecule has 0 aromatic heterocycles. The zero-order valence-corrected chi connectivity index (χ0v) is 12.1. The second-order valence-corrected chi connectivity index (χ2v) is 6.20. The van der Waals surface area contributed by atoms with Crippen LogP contribution in [0.15, 0.2) is 5.22 Å². The van der Waals surface area contributed by atoms with E-state index in [1.54, 1.807) is 0 Å². The van der Waals surface area contributed by atoms with Crippen molar-refractivity contribution < 1.29 is 4.79 Å². The maximum absolute atomic E-state index is 12.0. The Bertz CT molecular complexity index is 272. The summed E-state index contributed by atoms with van der Waals surface area (Å²) in [6.07, 6.45) is 2.79. The molecule has 1 unspecified atom stereocenters. The van der Waals surface area contributed by atoms with Crippen LogP contribution >= 0.6 is 0 Å². The lowest BCUT2D eigenvalue weighted by atomic mass is 9.68. The molecule has 0 fully saturated rings. The van der Waals surface area contributed by atoms with Gasteiger partial charge in [0.25, 0.3) is 0 Å². The molecule has 0 saturated carbocycles. The Morgan fingerprint density at radius 1 is 1.24 bits per heavy atom. The number of hydrogen-bond donors (Lipinski definition) is 2. The Morgan fingerprint density at radius 3 is 2.12 bits per heavy atom. The lowest BCUT2D eigenvalue weighted by molar-refractivity contribution is -0.130. The number of nitrogens with one attached hydrogen (secondary N) is 2. The first-order chi connectivity index (χ1) is 7.70. The summed E-state index contributed by atoms with van der Waals surface area (Å²) in [6, 6.07) is 0. The van der Waals surface area contributed by atoms with Crippen LogP contribution in [0.4, 0.5) is 0 Å². The topological polar surface area (TPSA) is 65.3 Å². The highest BCUT2D eigenvalue weighted by Crippen LogP contribution is 2.40. The van der Waals surface area contributed by atoms with Gasteiger partial charge in [0.2, 0.25) is 5.91 Å². The number of carbonyl (C=O) groups is 1. The minimum atomic E-state index is -0.131. The van der Waals surface area contributed by atoms with Crippen LogP contribution in [0, 0.1) is 22.3 Å². The van der Waals surface area contributed by atoms with Crippen LogP contribution in [0.5, 0.6) is 0 Å². The van der Waals surface area contributed by atoms with Crippen LogP contribution in [0.2, 0.25) is 0 Å². The van der Waals surface area contributed by atoms with Crippen molar-refractivity contribution in [2.45, 2.75) is 60.8 Å². The van der Waals surface area contributed by atoms with E-state index in [2.05, 4.69) is 52.2 Å². The Kier molecular flexibility index (Phi) is 5.79. The third-order valence-corrected chi connectivity index (χ3v) is 4.05.